The smallest absolute Gasteiger partial charge is 0.434 e. The molecule has 3 N–H and O–H groups in total. The van der Waals surface area contributed by atoms with Gasteiger partial charge in [-0.15, -0.1) is 0 Å². The molecule has 15 heteroatoms. The molecular formula is C26H28F5N6O3P. The summed E-state index contributed by atoms with van der Waals surface area (Å²) in [5, 5.41) is 10.3. The summed E-state index contributed by atoms with van der Waals surface area (Å²) >= 11 is 0. The molecule has 1 fully saturated rings. The molecule has 0 amide bonds. The van der Waals surface area contributed by atoms with Crippen molar-refractivity contribution in [3.8, 4) is 17.3 Å². The monoisotopic (exact) mass is 598 g/mol. The molecule has 3 aromatic rings. The van der Waals surface area contributed by atoms with Crippen molar-refractivity contribution in [2.45, 2.75) is 37.4 Å². The normalized spacial score (nSPS) is 15.9. The molecule has 220 valence electrons. The van der Waals surface area contributed by atoms with E-state index >= 15 is 0 Å². The number of aliphatic hydroxyl groups is 1. The van der Waals surface area contributed by atoms with Gasteiger partial charge in [-0.25, -0.2) is 9.97 Å². The fourth-order valence-corrected chi connectivity index (χ4v) is 4.27. The van der Waals surface area contributed by atoms with E-state index in [9.17, 15) is 27.1 Å². The Morgan fingerprint density at radius 2 is 1.85 bits per heavy atom. The molecular weight excluding hydrogens is 570 g/mol. The quantitative estimate of drug-likeness (QED) is 0.150. The molecule has 1 aliphatic carbocycles. The van der Waals surface area contributed by atoms with Gasteiger partial charge in [-0.1, -0.05) is 33.5 Å². The second-order valence-corrected chi connectivity index (χ2v) is 10.2. The number of ether oxygens (including phenoxy) is 2. The lowest BCUT2D eigenvalue weighted by atomic mass is 10.1. The first-order chi connectivity index (χ1) is 19.2. The summed E-state index contributed by atoms with van der Waals surface area (Å²) in [6.45, 7) is -0.177. The van der Waals surface area contributed by atoms with E-state index in [1.807, 2.05) is 0 Å². The fourth-order valence-electron chi connectivity index (χ4n) is 4.09. The lowest BCUT2D eigenvalue weighted by Crippen LogP contribution is -2.21. The molecule has 2 aromatic heterocycles. The number of aromatic nitrogens is 4. The van der Waals surface area contributed by atoms with Crippen molar-refractivity contribution in [3.05, 3.63) is 65.2 Å². The molecule has 2 unspecified atom stereocenters. The van der Waals surface area contributed by atoms with E-state index in [4.69, 9.17) is 15.2 Å². The third kappa shape index (κ3) is 6.82. The van der Waals surface area contributed by atoms with Crippen molar-refractivity contribution in [2.24, 2.45) is 23.7 Å². The van der Waals surface area contributed by atoms with Gasteiger partial charge in [0, 0.05) is 38.0 Å². The van der Waals surface area contributed by atoms with Crippen LogP contribution in [0.25, 0.3) is 17.0 Å². The first-order valence-corrected chi connectivity index (χ1v) is 12.9. The van der Waals surface area contributed by atoms with Crippen LogP contribution in [0.4, 0.5) is 22.0 Å². The maximum atomic E-state index is 14.1. The van der Waals surface area contributed by atoms with Crippen molar-refractivity contribution in [3.63, 3.8) is 0 Å². The van der Waals surface area contributed by atoms with E-state index in [2.05, 4.69) is 19.9 Å². The molecule has 0 aliphatic heterocycles. The Bertz CT molecular complexity index is 1460. The Labute approximate surface area is 234 Å². The number of nitrogens with zero attached hydrogens (tertiary/aromatic N) is 5. The zero-order valence-corrected chi connectivity index (χ0v) is 23.4. The summed E-state index contributed by atoms with van der Waals surface area (Å²) in [4.78, 5) is 16.5. The Balaban J connectivity index is 1.65. The van der Waals surface area contributed by atoms with Crippen LogP contribution >= 0.6 is 9.24 Å². The minimum absolute atomic E-state index is 0.0143. The maximum Gasteiger partial charge on any atom is 0.434 e. The topological polar surface area (TPSA) is 121 Å². The lowest BCUT2D eigenvalue weighted by molar-refractivity contribution is -0.140. The number of hydrogen-bond donors (Lipinski definition) is 2. The zero-order valence-electron chi connectivity index (χ0n) is 22.3. The second kappa shape index (κ2) is 11.7. The van der Waals surface area contributed by atoms with Gasteiger partial charge in [0.1, 0.15) is 18.0 Å². The van der Waals surface area contributed by atoms with Gasteiger partial charge in [-0.2, -0.15) is 26.9 Å². The van der Waals surface area contributed by atoms with Crippen LogP contribution in [-0.4, -0.2) is 50.2 Å². The summed E-state index contributed by atoms with van der Waals surface area (Å²) in [5.74, 6) is -0.104. The molecule has 4 rings (SSSR count). The van der Waals surface area contributed by atoms with E-state index < -0.39 is 23.6 Å². The van der Waals surface area contributed by atoms with E-state index in [1.54, 1.807) is 31.3 Å². The molecule has 0 saturated heterocycles. The summed E-state index contributed by atoms with van der Waals surface area (Å²) in [6, 6.07) is 6.28. The third-order valence-electron chi connectivity index (χ3n) is 6.34. The molecule has 2 heterocycles. The minimum Gasteiger partial charge on any atom is -0.482 e. The summed E-state index contributed by atoms with van der Waals surface area (Å²) < 4.78 is 79.5. The van der Waals surface area contributed by atoms with Gasteiger partial charge in [0.05, 0.1) is 18.4 Å². The number of aliphatic imine (C=N–C) groups is 1. The molecule has 9 nitrogen and oxygen atoms in total. The van der Waals surface area contributed by atoms with E-state index in [1.165, 1.54) is 28.0 Å². The van der Waals surface area contributed by atoms with Crippen molar-refractivity contribution in [2.75, 3.05) is 14.2 Å². The molecule has 0 spiro atoms. The highest BCUT2D eigenvalue weighted by Crippen LogP contribution is 2.41. The van der Waals surface area contributed by atoms with E-state index in [0.717, 1.165) is 25.2 Å². The number of imidazole rings is 1. The molecule has 1 saturated carbocycles. The first kappa shape index (κ1) is 30.3. The van der Waals surface area contributed by atoms with Crippen LogP contribution in [0.5, 0.6) is 5.88 Å². The van der Waals surface area contributed by atoms with Gasteiger partial charge in [0.15, 0.2) is 23.5 Å². The van der Waals surface area contributed by atoms with E-state index in [-0.39, 0.29) is 41.5 Å². The van der Waals surface area contributed by atoms with Crippen molar-refractivity contribution in [1.29, 1.82) is 0 Å². The Hall–Kier alpha value is -3.64. The van der Waals surface area contributed by atoms with Crippen LogP contribution in [0.1, 0.15) is 41.6 Å². The molecule has 1 aromatic carbocycles. The maximum absolute atomic E-state index is 14.1. The number of methoxy groups -OCH3 is 1. The predicted molar refractivity (Wildman–Crippen MR) is 144 cm³/mol. The highest BCUT2D eigenvalue weighted by molar-refractivity contribution is 7.18. The SMILES string of the molecule is CN=C(C(=C(N)OC)c1ncc(C(O)C(F)(F)P)c(OCc2ccc(-c3nc(C(F)(F)F)cn3C)cc2)n1)C1CC1. The largest absolute Gasteiger partial charge is 0.482 e. The molecule has 41 heavy (non-hydrogen) atoms. The lowest BCUT2D eigenvalue weighted by Gasteiger charge is -2.21. The van der Waals surface area contributed by atoms with Gasteiger partial charge in [0.25, 0.3) is 5.66 Å². The number of benzene rings is 1. The number of hydrogen-bond acceptors (Lipinski definition) is 8. The zero-order chi connectivity index (χ0) is 30.1. The standard InChI is InChI=1S/C26H28F5N6O3P/c1-33-19(14-8-9-14)18(21(32)39-3)22-34-10-16(20(38)26(30,31)41)24(36-22)40-12-13-4-6-15(7-5-13)23-35-17(11-37(23)2)25(27,28)29/h4-7,10-11,14,20,38H,8-9,12,32,41H2,1-3H3. The second-order valence-electron chi connectivity index (χ2n) is 9.40. The minimum atomic E-state index is -4.58. The Morgan fingerprint density at radius 3 is 2.37 bits per heavy atom. The highest BCUT2D eigenvalue weighted by Gasteiger charge is 2.38. The van der Waals surface area contributed by atoms with Crippen LogP contribution in [-0.2, 0) is 24.6 Å². The van der Waals surface area contributed by atoms with Crippen LogP contribution in [0.2, 0.25) is 0 Å². The highest BCUT2D eigenvalue weighted by atomic mass is 31.0. The van der Waals surface area contributed by atoms with Gasteiger partial charge in [-0.05, 0) is 18.4 Å². The molecule has 0 radical (unpaired) electrons. The Morgan fingerprint density at radius 1 is 1.20 bits per heavy atom. The molecule has 0 bridgehead atoms. The van der Waals surface area contributed by atoms with Crippen molar-refractivity contribution in [1.82, 2.24) is 19.5 Å². The van der Waals surface area contributed by atoms with Gasteiger partial charge < -0.3 is 24.9 Å². The van der Waals surface area contributed by atoms with E-state index in [0.29, 0.717) is 22.4 Å². The summed E-state index contributed by atoms with van der Waals surface area (Å²) in [7, 11) is 5.66. The number of allylic oxidation sites excluding steroid dienone is 1. The Kier molecular flexibility index (Phi) is 8.65. The summed E-state index contributed by atoms with van der Waals surface area (Å²) in [6.07, 6.45) is -3.21. The van der Waals surface area contributed by atoms with Crippen LogP contribution in [0.15, 0.2) is 47.5 Å². The van der Waals surface area contributed by atoms with Crippen LogP contribution < -0.4 is 10.5 Å². The van der Waals surface area contributed by atoms with Crippen molar-refractivity contribution < 1.29 is 36.5 Å². The number of rotatable bonds is 10. The molecule has 1 aliphatic rings. The van der Waals surface area contributed by atoms with Crippen LogP contribution in [0.3, 0.4) is 0 Å². The first-order valence-electron chi connectivity index (χ1n) is 12.3. The average molecular weight is 599 g/mol. The average Bonchev–Trinajstić information content (AvgIpc) is 3.68. The summed E-state index contributed by atoms with van der Waals surface area (Å²) in [5.41, 5.74) is 2.94. The van der Waals surface area contributed by atoms with Gasteiger partial charge in [0.2, 0.25) is 5.88 Å². The predicted octanol–water partition coefficient (Wildman–Crippen LogP) is 4.73. The number of halogens is 5. The van der Waals surface area contributed by atoms with Gasteiger partial charge in [-0.3, -0.25) is 4.99 Å². The third-order valence-corrected chi connectivity index (χ3v) is 6.66. The number of aryl methyl sites for hydroxylation is 1. The fraction of sp³-hybridized carbons (Fsp3) is 0.385. The number of nitrogens with two attached hydrogens (primary N) is 1. The molecule has 2 atom stereocenters. The number of alkyl halides is 5. The number of aliphatic hydroxyl groups excluding tert-OH is 1. The van der Waals surface area contributed by atoms with Crippen molar-refractivity contribution >= 4 is 20.5 Å². The van der Waals surface area contributed by atoms with Crippen LogP contribution in [0, 0.1) is 5.92 Å². The van der Waals surface area contributed by atoms with Gasteiger partial charge >= 0.3 is 6.18 Å².